The van der Waals surface area contributed by atoms with Gasteiger partial charge in [0.25, 0.3) is 6.33 Å². The van der Waals surface area contributed by atoms with Gasteiger partial charge in [0, 0.05) is 82.1 Å². The fourth-order valence-corrected chi connectivity index (χ4v) is 8.93. The summed E-state index contributed by atoms with van der Waals surface area (Å²) < 4.78 is 17.8. The number of fused-ring (bicyclic) bond motifs is 12. The smallest absolute Gasteiger partial charge is 0.268 e. The fraction of sp³-hybridized carbons (Fsp3) is 0.120. The van der Waals surface area contributed by atoms with Gasteiger partial charge in [-0.1, -0.05) is 81.4 Å². The van der Waals surface area contributed by atoms with Gasteiger partial charge in [0.2, 0.25) is 0 Å². The number of nitrogens with zero attached hydrogens (tertiary/aromatic N) is 6. The molecule has 57 heavy (non-hydrogen) atoms. The molecule has 0 unspecified atom stereocenters. The Labute approximate surface area is 329 Å². The van der Waals surface area contributed by atoms with Crippen LogP contribution in [-0.2, 0) is 19.5 Å². The van der Waals surface area contributed by atoms with Crippen molar-refractivity contribution < 1.29 is 9.30 Å². The summed E-state index contributed by atoms with van der Waals surface area (Å²) in [4.78, 5) is 5.11. The Morgan fingerprint density at radius 3 is 2.02 bits per heavy atom. The van der Waals surface area contributed by atoms with Crippen LogP contribution >= 0.6 is 0 Å². The molecule has 0 saturated carbocycles. The summed E-state index contributed by atoms with van der Waals surface area (Å²) in [6.07, 6.45) is 9.41. The Morgan fingerprint density at radius 2 is 1.26 bits per heavy atom. The van der Waals surface area contributed by atoms with E-state index < -0.39 is 0 Å². The quantitative estimate of drug-likeness (QED) is 0.130. The number of rotatable bonds is 5. The minimum absolute atomic E-state index is 0.0642. The fourth-order valence-electron chi connectivity index (χ4n) is 8.93. The number of imidazole rings is 1. The lowest BCUT2D eigenvalue weighted by Gasteiger charge is -2.20. The predicted molar refractivity (Wildman–Crippen MR) is 231 cm³/mol. The first kappa shape index (κ1) is 33.2. The average molecular weight is 741 g/mol. The van der Waals surface area contributed by atoms with E-state index >= 15 is 0 Å². The molecule has 0 aliphatic heterocycles. The molecule has 0 bridgehead atoms. The van der Waals surface area contributed by atoms with Crippen molar-refractivity contribution in [2.45, 2.75) is 26.2 Å². The predicted octanol–water partition coefficient (Wildman–Crippen LogP) is 11.4. The van der Waals surface area contributed by atoms with E-state index in [0.717, 1.165) is 45.1 Å². The van der Waals surface area contributed by atoms with Crippen molar-refractivity contribution in [1.29, 1.82) is 0 Å². The van der Waals surface area contributed by atoms with Crippen LogP contribution in [0.2, 0.25) is 0 Å². The molecule has 7 nitrogen and oxygen atoms in total. The van der Waals surface area contributed by atoms with Gasteiger partial charge in [-0.25, -0.2) is 4.98 Å². The van der Waals surface area contributed by atoms with Crippen LogP contribution in [-0.4, -0.2) is 23.3 Å². The van der Waals surface area contributed by atoms with Crippen molar-refractivity contribution in [2.75, 3.05) is 0 Å². The zero-order valence-electron chi connectivity index (χ0n) is 32.5. The van der Waals surface area contributed by atoms with Crippen LogP contribution in [0.4, 0.5) is 0 Å². The maximum Gasteiger partial charge on any atom is 0.268 e. The minimum Gasteiger partial charge on any atom is -0.458 e. The SMILES string of the molecule is Cn1c2ccccc2c2c3c4ccccc4n(C)c3c3c(c4ccc(Oc5cccc(-[n+]6[c-]n(-c7ccccc7)cc6)c5)cc4n3-c3cc(C(C)(C)C)ccn3)c21. The van der Waals surface area contributed by atoms with Crippen LogP contribution in [0.5, 0.6) is 11.5 Å². The van der Waals surface area contributed by atoms with Gasteiger partial charge in [0.1, 0.15) is 17.3 Å². The first-order valence-electron chi connectivity index (χ1n) is 19.4. The van der Waals surface area contributed by atoms with Crippen molar-refractivity contribution in [3.05, 3.63) is 164 Å². The van der Waals surface area contributed by atoms with Gasteiger partial charge in [0.15, 0.2) is 0 Å². The molecule has 11 aromatic rings. The summed E-state index contributed by atoms with van der Waals surface area (Å²) in [7, 11) is 4.41. The molecule has 0 aliphatic carbocycles. The number of aromatic nitrogens is 6. The highest BCUT2D eigenvalue weighted by Crippen LogP contribution is 2.48. The number of pyridine rings is 1. The highest BCUT2D eigenvalue weighted by molar-refractivity contribution is 6.40. The summed E-state index contributed by atoms with van der Waals surface area (Å²) in [6.45, 7) is 6.77. The first-order chi connectivity index (χ1) is 27.7. The summed E-state index contributed by atoms with van der Waals surface area (Å²) >= 11 is 0. The van der Waals surface area contributed by atoms with E-state index in [0.29, 0.717) is 0 Å². The summed E-state index contributed by atoms with van der Waals surface area (Å²) in [5, 5.41) is 7.36. The van der Waals surface area contributed by atoms with Crippen LogP contribution in [0.25, 0.3) is 82.6 Å². The highest BCUT2D eigenvalue weighted by atomic mass is 16.5. The van der Waals surface area contributed by atoms with Gasteiger partial charge in [-0.3, -0.25) is 13.7 Å². The third-order valence-corrected chi connectivity index (χ3v) is 11.7. The number of ether oxygens (including phenoxy) is 1. The van der Waals surface area contributed by atoms with E-state index in [1.807, 2.05) is 58.1 Å². The topological polar surface area (TPSA) is 45.7 Å². The summed E-state index contributed by atoms with van der Waals surface area (Å²) in [5.74, 6) is 2.36. The lowest BCUT2D eigenvalue weighted by molar-refractivity contribution is -0.599. The molecule has 0 spiro atoms. The second-order valence-corrected chi connectivity index (χ2v) is 16.1. The molecule has 0 N–H and O–H groups in total. The Balaban J connectivity index is 1.19. The van der Waals surface area contributed by atoms with Crippen molar-refractivity contribution in [2.24, 2.45) is 14.1 Å². The van der Waals surface area contributed by atoms with E-state index in [4.69, 9.17) is 9.72 Å². The lowest BCUT2D eigenvalue weighted by atomic mass is 9.88. The van der Waals surface area contributed by atoms with Crippen molar-refractivity contribution in [3.63, 3.8) is 0 Å². The van der Waals surface area contributed by atoms with Crippen molar-refractivity contribution in [1.82, 2.24) is 23.3 Å². The molecule has 5 heterocycles. The molecule has 7 heteroatoms. The Bertz CT molecular complexity index is 3390. The molecule has 6 aromatic carbocycles. The van der Waals surface area contributed by atoms with Crippen LogP contribution in [0.15, 0.2) is 152 Å². The van der Waals surface area contributed by atoms with Gasteiger partial charge < -0.3 is 13.9 Å². The zero-order valence-corrected chi connectivity index (χ0v) is 32.5. The van der Waals surface area contributed by atoms with E-state index in [1.165, 1.54) is 54.6 Å². The second-order valence-electron chi connectivity index (χ2n) is 16.1. The Morgan fingerprint density at radius 1 is 0.596 bits per heavy atom. The molecule has 0 amide bonds. The second kappa shape index (κ2) is 12.2. The van der Waals surface area contributed by atoms with Crippen LogP contribution in [0, 0.1) is 6.33 Å². The first-order valence-corrected chi connectivity index (χ1v) is 19.4. The summed E-state index contributed by atoms with van der Waals surface area (Å²) in [6, 6.07) is 46.9. The van der Waals surface area contributed by atoms with Crippen molar-refractivity contribution >= 4 is 65.4 Å². The molecule has 276 valence electrons. The molecule has 5 aromatic heterocycles. The number of aryl methyl sites for hydroxylation is 2. The summed E-state index contributed by atoms with van der Waals surface area (Å²) in [5.41, 5.74) is 10.1. The molecule has 0 radical (unpaired) electrons. The van der Waals surface area contributed by atoms with E-state index in [2.05, 4.69) is 158 Å². The molecular formula is C50H40N6O. The minimum atomic E-state index is -0.0642. The number of benzene rings is 6. The van der Waals surface area contributed by atoms with Gasteiger partial charge >= 0.3 is 0 Å². The monoisotopic (exact) mass is 740 g/mol. The van der Waals surface area contributed by atoms with Crippen molar-refractivity contribution in [3.8, 4) is 28.7 Å². The average Bonchev–Trinajstić information content (AvgIpc) is 3.99. The van der Waals surface area contributed by atoms with Gasteiger partial charge in [-0.15, -0.1) is 0 Å². The number of para-hydroxylation sites is 3. The van der Waals surface area contributed by atoms with Crippen LogP contribution in [0.3, 0.4) is 0 Å². The zero-order chi connectivity index (χ0) is 38.6. The van der Waals surface area contributed by atoms with Crippen LogP contribution < -0.4 is 9.30 Å². The maximum absolute atomic E-state index is 6.75. The lowest BCUT2D eigenvalue weighted by Crippen LogP contribution is -2.28. The Hall–Kier alpha value is -7.12. The third-order valence-electron chi connectivity index (χ3n) is 11.7. The largest absolute Gasteiger partial charge is 0.458 e. The van der Waals surface area contributed by atoms with E-state index in [9.17, 15) is 0 Å². The number of hydrogen-bond donors (Lipinski definition) is 0. The van der Waals surface area contributed by atoms with E-state index in [1.54, 1.807) is 0 Å². The molecular weight excluding hydrogens is 701 g/mol. The molecule has 11 rings (SSSR count). The molecule has 0 atom stereocenters. The third kappa shape index (κ3) is 4.98. The highest BCUT2D eigenvalue weighted by Gasteiger charge is 2.27. The number of hydrogen-bond acceptors (Lipinski definition) is 2. The molecule has 0 fully saturated rings. The van der Waals surface area contributed by atoms with E-state index in [-0.39, 0.29) is 5.41 Å². The van der Waals surface area contributed by atoms with Gasteiger partial charge in [-0.2, -0.15) is 0 Å². The molecule has 0 saturated heterocycles. The normalized spacial score (nSPS) is 12.3. The van der Waals surface area contributed by atoms with Gasteiger partial charge in [0.05, 0.1) is 33.4 Å². The maximum atomic E-state index is 6.75. The molecule has 0 aliphatic rings. The van der Waals surface area contributed by atoms with Crippen LogP contribution in [0.1, 0.15) is 26.3 Å². The van der Waals surface area contributed by atoms with Gasteiger partial charge in [-0.05, 0) is 77.7 Å². The Kier molecular flexibility index (Phi) is 7.11. The standard InChI is InChI=1S/C50H40N6O/c1-50(2,3)32-24-25-51-43(28-32)56-42-30-36(57-35-17-13-16-34(29-35)55-27-26-54(31-55)33-14-7-6-8-15-33)22-23-39(42)46-47-44(37-18-9-11-20-40(37)52(47)4)45-38-19-10-12-21-41(38)53(5)48(45)49(46)56/h6-30H,1-5H3.